The second-order valence-electron chi connectivity index (χ2n) is 7.61. The molecule has 1 saturated heterocycles. The highest BCUT2D eigenvalue weighted by molar-refractivity contribution is 7.16. The highest BCUT2D eigenvalue weighted by Crippen LogP contribution is 2.29. The number of nitrogens with two attached hydrogens (primary N) is 1. The first-order valence-electron chi connectivity index (χ1n) is 10.2. The largest absolute Gasteiger partial charge is 0.493 e. The highest BCUT2D eigenvalue weighted by Gasteiger charge is 2.29. The van der Waals surface area contributed by atoms with E-state index in [0.717, 1.165) is 33.9 Å². The summed E-state index contributed by atoms with van der Waals surface area (Å²) in [7, 11) is 0. The number of thiazole rings is 1. The minimum Gasteiger partial charge on any atom is -0.493 e. The van der Waals surface area contributed by atoms with Gasteiger partial charge in [-0.2, -0.15) is 4.98 Å². The number of nitrogens with zero attached hydrogens (tertiary/aromatic N) is 5. The number of rotatable bonds is 4. The van der Waals surface area contributed by atoms with Crippen LogP contribution in [0.5, 0.6) is 5.75 Å². The maximum Gasteiger partial charge on any atom is 0.426 e. The summed E-state index contributed by atoms with van der Waals surface area (Å²) in [6.45, 7) is 4.89. The number of carbonyl (C=O) groups excluding carboxylic acids is 1. The van der Waals surface area contributed by atoms with E-state index in [2.05, 4.69) is 38.2 Å². The molecule has 2 aliphatic heterocycles. The van der Waals surface area contributed by atoms with Crippen LogP contribution in [0, 0.1) is 0 Å². The molecule has 2 aliphatic rings. The number of piperazine rings is 1. The van der Waals surface area contributed by atoms with Crippen LogP contribution in [0.2, 0.25) is 0 Å². The molecule has 0 radical (unpaired) electrons. The lowest BCUT2D eigenvalue weighted by Crippen LogP contribution is -2.53. The van der Waals surface area contributed by atoms with Crippen molar-refractivity contribution in [1.82, 2.24) is 25.3 Å². The van der Waals surface area contributed by atoms with E-state index in [4.69, 9.17) is 15.3 Å². The third-order valence-electron chi connectivity index (χ3n) is 5.46. The van der Waals surface area contributed by atoms with E-state index in [1.807, 2.05) is 12.1 Å². The quantitative estimate of drug-likeness (QED) is 0.626. The molecule has 1 atom stereocenters. The van der Waals surface area contributed by atoms with Crippen molar-refractivity contribution in [1.29, 1.82) is 0 Å². The number of hydrogen-bond donors (Lipinski definition) is 2. The standard InChI is InChI=1S/C20H23N7O3S/c1-12-10-26(5-6-27(12)17-16-18(31-11-23-16)25-19(21)24-17)30-20(28)22-9-13-2-3-15-14(8-13)4-7-29-15/h2-3,8,11-12H,4-7,9-10H2,1H3,(H,22,28)(H2,21,24,25)/t12-/m0/s1. The van der Waals surface area contributed by atoms with Gasteiger partial charge in [0.25, 0.3) is 0 Å². The van der Waals surface area contributed by atoms with Crippen molar-refractivity contribution >= 4 is 39.5 Å². The van der Waals surface area contributed by atoms with E-state index in [1.165, 1.54) is 16.9 Å². The summed E-state index contributed by atoms with van der Waals surface area (Å²) in [6, 6.07) is 6.02. The molecule has 10 nitrogen and oxygen atoms in total. The number of nitrogens with one attached hydrogen (secondary N) is 1. The van der Waals surface area contributed by atoms with E-state index in [0.29, 0.717) is 32.8 Å². The van der Waals surface area contributed by atoms with Crippen LogP contribution >= 0.6 is 11.3 Å². The zero-order valence-electron chi connectivity index (χ0n) is 17.1. The lowest BCUT2D eigenvalue weighted by Gasteiger charge is -2.39. The minimum absolute atomic E-state index is 0.0532. The number of fused-ring (bicyclic) bond motifs is 2. The molecule has 31 heavy (non-hydrogen) atoms. The van der Waals surface area contributed by atoms with Crippen LogP contribution in [0.3, 0.4) is 0 Å². The van der Waals surface area contributed by atoms with Crippen LogP contribution in [0.25, 0.3) is 10.3 Å². The molecule has 2 aromatic heterocycles. The molecule has 1 amide bonds. The average Bonchev–Trinajstić information content (AvgIpc) is 3.40. The van der Waals surface area contributed by atoms with Crippen LogP contribution in [0.15, 0.2) is 23.7 Å². The van der Waals surface area contributed by atoms with Gasteiger partial charge in [-0.3, -0.25) is 0 Å². The Morgan fingerprint density at radius 3 is 3.16 bits per heavy atom. The van der Waals surface area contributed by atoms with Gasteiger partial charge in [-0.25, -0.2) is 14.8 Å². The van der Waals surface area contributed by atoms with Crippen LogP contribution in [-0.2, 0) is 17.8 Å². The molecule has 5 rings (SSSR count). The fourth-order valence-electron chi connectivity index (χ4n) is 3.96. The first kappa shape index (κ1) is 19.8. The van der Waals surface area contributed by atoms with Crippen LogP contribution in [-0.4, -0.2) is 58.4 Å². The van der Waals surface area contributed by atoms with E-state index >= 15 is 0 Å². The number of anilines is 2. The summed E-state index contributed by atoms with van der Waals surface area (Å²) in [4.78, 5) is 33.8. The molecule has 11 heteroatoms. The molecule has 162 valence electrons. The molecule has 3 N–H and O–H groups in total. The summed E-state index contributed by atoms with van der Waals surface area (Å²) in [5.74, 6) is 1.88. The predicted molar refractivity (Wildman–Crippen MR) is 117 cm³/mol. The lowest BCUT2D eigenvalue weighted by molar-refractivity contribution is -0.109. The third kappa shape index (κ3) is 4.06. The number of amides is 1. The Bertz CT molecular complexity index is 1120. The van der Waals surface area contributed by atoms with Crippen molar-refractivity contribution in [3.05, 3.63) is 34.8 Å². The number of hydrogen-bond acceptors (Lipinski definition) is 10. The Morgan fingerprint density at radius 1 is 1.39 bits per heavy atom. The lowest BCUT2D eigenvalue weighted by atomic mass is 10.1. The van der Waals surface area contributed by atoms with Gasteiger partial charge in [0.15, 0.2) is 10.6 Å². The molecule has 4 heterocycles. The van der Waals surface area contributed by atoms with E-state index in [-0.39, 0.29) is 12.0 Å². The maximum atomic E-state index is 12.3. The first-order chi connectivity index (χ1) is 15.1. The molecule has 0 spiro atoms. The zero-order chi connectivity index (χ0) is 21.4. The summed E-state index contributed by atoms with van der Waals surface area (Å²) in [6.07, 6.45) is 0.437. The summed E-state index contributed by atoms with van der Waals surface area (Å²) in [5, 5.41) is 4.50. The Hall–Kier alpha value is -3.18. The number of nitrogen functional groups attached to an aromatic ring is 1. The summed E-state index contributed by atoms with van der Waals surface area (Å²) in [5.41, 5.74) is 10.6. The van der Waals surface area contributed by atoms with E-state index in [1.54, 1.807) is 10.6 Å². The number of hydroxylamine groups is 2. The van der Waals surface area contributed by atoms with Gasteiger partial charge in [0.05, 0.1) is 25.2 Å². The van der Waals surface area contributed by atoms with Crippen LogP contribution < -0.4 is 20.7 Å². The fraction of sp³-hybridized carbons (Fsp3) is 0.400. The van der Waals surface area contributed by atoms with Crippen LogP contribution in [0.4, 0.5) is 16.6 Å². The minimum atomic E-state index is -0.467. The Morgan fingerprint density at radius 2 is 2.29 bits per heavy atom. The van der Waals surface area contributed by atoms with Crippen molar-refractivity contribution in [2.24, 2.45) is 0 Å². The van der Waals surface area contributed by atoms with E-state index < -0.39 is 6.09 Å². The van der Waals surface area contributed by atoms with Gasteiger partial charge >= 0.3 is 6.09 Å². The molecule has 1 fully saturated rings. The maximum absolute atomic E-state index is 12.3. The van der Waals surface area contributed by atoms with Crippen molar-refractivity contribution in [2.45, 2.75) is 25.9 Å². The second-order valence-corrected chi connectivity index (χ2v) is 8.45. The van der Waals surface area contributed by atoms with E-state index in [9.17, 15) is 4.79 Å². The summed E-state index contributed by atoms with van der Waals surface area (Å²) < 4.78 is 5.51. The number of aromatic nitrogens is 3. The predicted octanol–water partition coefficient (Wildman–Crippen LogP) is 1.96. The molecular weight excluding hydrogens is 418 g/mol. The molecule has 0 unspecified atom stereocenters. The SMILES string of the molecule is C[C@H]1CN(OC(=O)NCc2ccc3c(c2)CCO3)CCN1c1nc(N)nc2scnc12. The van der Waals surface area contributed by atoms with Crippen molar-refractivity contribution in [3.63, 3.8) is 0 Å². The van der Waals surface area contributed by atoms with Crippen molar-refractivity contribution in [3.8, 4) is 5.75 Å². The fourth-order valence-corrected chi connectivity index (χ4v) is 4.62. The topological polar surface area (TPSA) is 119 Å². The third-order valence-corrected chi connectivity index (χ3v) is 6.18. The van der Waals surface area contributed by atoms with Gasteiger partial charge < -0.3 is 25.5 Å². The van der Waals surface area contributed by atoms with Gasteiger partial charge in [0, 0.05) is 25.6 Å². The number of ether oxygens (including phenoxy) is 1. The van der Waals surface area contributed by atoms with Crippen molar-refractivity contribution < 1.29 is 14.4 Å². The Kier molecular flexibility index (Phi) is 5.20. The molecule has 1 aromatic carbocycles. The van der Waals surface area contributed by atoms with Crippen molar-refractivity contribution in [2.75, 3.05) is 36.9 Å². The summed E-state index contributed by atoms with van der Waals surface area (Å²) >= 11 is 1.44. The van der Waals surface area contributed by atoms with Gasteiger partial charge in [-0.15, -0.1) is 16.4 Å². The smallest absolute Gasteiger partial charge is 0.426 e. The normalized spacial score (nSPS) is 18.6. The molecular formula is C20H23N7O3S. The highest BCUT2D eigenvalue weighted by atomic mass is 32.1. The molecule has 0 saturated carbocycles. The monoisotopic (exact) mass is 441 g/mol. The zero-order valence-corrected chi connectivity index (χ0v) is 17.9. The average molecular weight is 442 g/mol. The molecule has 0 aliphatic carbocycles. The second kappa shape index (κ2) is 8.16. The Balaban J connectivity index is 1.17. The number of carbonyl (C=O) groups is 1. The molecule has 3 aromatic rings. The number of benzene rings is 1. The van der Waals surface area contributed by atoms with Gasteiger partial charge in [-0.1, -0.05) is 12.1 Å². The molecule has 0 bridgehead atoms. The van der Waals surface area contributed by atoms with Gasteiger partial charge in [-0.05, 0) is 24.1 Å². The Labute approximate surface area is 182 Å². The first-order valence-corrected chi connectivity index (χ1v) is 11.0. The van der Waals surface area contributed by atoms with Gasteiger partial charge in [0.1, 0.15) is 11.3 Å². The van der Waals surface area contributed by atoms with Crippen LogP contribution in [0.1, 0.15) is 18.1 Å². The van der Waals surface area contributed by atoms with Gasteiger partial charge in [0.2, 0.25) is 5.95 Å².